The van der Waals surface area contributed by atoms with Crippen LogP contribution in [0.2, 0.25) is 0 Å². The van der Waals surface area contributed by atoms with Crippen LogP contribution in [0.1, 0.15) is 37.4 Å². The molecule has 0 unspecified atom stereocenters. The zero-order valence-corrected chi connectivity index (χ0v) is 15.8. The summed E-state index contributed by atoms with van der Waals surface area (Å²) < 4.78 is 5.51. The highest BCUT2D eigenvalue weighted by molar-refractivity contribution is 5.97. The minimum absolute atomic E-state index is 0.0308. The molecule has 5 heteroatoms. The van der Waals surface area contributed by atoms with Crippen molar-refractivity contribution in [3.8, 4) is 5.75 Å². The minimum Gasteiger partial charge on any atom is -0.493 e. The van der Waals surface area contributed by atoms with E-state index in [2.05, 4.69) is 0 Å². The van der Waals surface area contributed by atoms with Crippen molar-refractivity contribution in [1.29, 1.82) is 0 Å². The van der Waals surface area contributed by atoms with Crippen molar-refractivity contribution >= 4 is 11.8 Å². The molecule has 27 heavy (non-hydrogen) atoms. The van der Waals surface area contributed by atoms with Crippen molar-refractivity contribution in [1.82, 2.24) is 9.80 Å². The fraction of sp³-hybridized carbons (Fsp3) is 0.364. The van der Waals surface area contributed by atoms with Crippen molar-refractivity contribution < 1.29 is 14.3 Å². The molecule has 2 aromatic rings. The third-order valence-electron chi connectivity index (χ3n) is 5.40. The van der Waals surface area contributed by atoms with Crippen molar-refractivity contribution in [2.75, 3.05) is 32.8 Å². The van der Waals surface area contributed by atoms with Crippen LogP contribution in [0.3, 0.4) is 0 Å². The number of carbonyl (C=O) groups excluding carboxylic acids is 2. The van der Waals surface area contributed by atoms with Gasteiger partial charge in [-0.15, -0.1) is 0 Å². The fourth-order valence-corrected chi connectivity index (χ4v) is 3.84. The van der Waals surface area contributed by atoms with Crippen LogP contribution in [-0.2, 0) is 6.42 Å². The molecule has 1 saturated heterocycles. The second-order valence-corrected chi connectivity index (χ2v) is 7.32. The first-order chi connectivity index (χ1) is 13.0. The first-order valence-corrected chi connectivity index (χ1v) is 9.44. The van der Waals surface area contributed by atoms with Crippen molar-refractivity contribution in [2.24, 2.45) is 0 Å². The van der Waals surface area contributed by atoms with Crippen LogP contribution < -0.4 is 4.74 Å². The Morgan fingerprint density at radius 3 is 2.30 bits per heavy atom. The SMILES string of the molecule is Cc1ccc(C(=O)N2CCN(C(=O)c3ccc4c(c3)CCO4)CC2)c(C)c1. The van der Waals surface area contributed by atoms with Gasteiger partial charge >= 0.3 is 0 Å². The van der Waals surface area contributed by atoms with Gasteiger partial charge in [0.25, 0.3) is 11.8 Å². The van der Waals surface area contributed by atoms with Crippen LogP contribution in [-0.4, -0.2) is 54.4 Å². The third-order valence-corrected chi connectivity index (χ3v) is 5.40. The molecule has 0 radical (unpaired) electrons. The van der Waals surface area contributed by atoms with Gasteiger partial charge in [-0.25, -0.2) is 0 Å². The first-order valence-electron chi connectivity index (χ1n) is 9.44. The average molecular weight is 364 g/mol. The molecule has 4 rings (SSSR count). The molecule has 0 N–H and O–H groups in total. The van der Waals surface area contributed by atoms with Gasteiger partial charge in [0.2, 0.25) is 0 Å². The topological polar surface area (TPSA) is 49.9 Å². The largest absolute Gasteiger partial charge is 0.493 e. The second-order valence-electron chi connectivity index (χ2n) is 7.32. The van der Waals surface area contributed by atoms with Crippen LogP contribution in [0.5, 0.6) is 5.75 Å². The summed E-state index contributed by atoms with van der Waals surface area (Å²) in [6.07, 6.45) is 0.856. The van der Waals surface area contributed by atoms with Crippen LogP contribution >= 0.6 is 0 Å². The number of benzene rings is 2. The first kappa shape index (κ1) is 17.6. The van der Waals surface area contributed by atoms with Gasteiger partial charge in [0.05, 0.1) is 6.61 Å². The highest BCUT2D eigenvalue weighted by atomic mass is 16.5. The maximum atomic E-state index is 12.8. The monoisotopic (exact) mass is 364 g/mol. The maximum Gasteiger partial charge on any atom is 0.254 e. The number of fused-ring (bicyclic) bond motifs is 1. The summed E-state index contributed by atoms with van der Waals surface area (Å²) in [7, 11) is 0. The van der Waals surface area contributed by atoms with E-state index in [9.17, 15) is 9.59 Å². The Labute approximate surface area is 159 Å². The number of ether oxygens (including phenoxy) is 1. The Bertz CT molecular complexity index is 898. The van der Waals surface area contributed by atoms with Gasteiger partial charge in [0.15, 0.2) is 0 Å². The smallest absolute Gasteiger partial charge is 0.254 e. The number of hydrogen-bond donors (Lipinski definition) is 0. The lowest BCUT2D eigenvalue weighted by Crippen LogP contribution is -2.50. The maximum absolute atomic E-state index is 12.8. The van der Waals surface area contributed by atoms with E-state index in [1.54, 1.807) is 0 Å². The summed E-state index contributed by atoms with van der Waals surface area (Å²) in [6.45, 7) is 6.92. The van der Waals surface area contributed by atoms with Crippen LogP contribution in [0, 0.1) is 13.8 Å². The van der Waals surface area contributed by atoms with Gasteiger partial charge in [-0.2, -0.15) is 0 Å². The summed E-state index contributed by atoms with van der Waals surface area (Å²) in [4.78, 5) is 29.3. The Kier molecular flexibility index (Phi) is 4.60. The van der Waals surface area contributed by atoms with Crippen LogP contribution in [0.15, 0.2) is 36.4 Å². The molecule has 0 bridgehead atoms. The summed E-state index contributed by atoms with van der Waals surface area (Å²) in [5, 5.41) is 0. The number of amides is 2. The van der Waals surface area contributed by atoms with E-state index in [0.717, 1.165) is 34.4 Å². The molecule has 5 nitrogen and oxygen atoms in total. The van der Waals surface area contributed by atoms with Gasteiger partial charge in [-0.3, -0.25) is 9.59 Å². The van der Waals surface area contributed by atoms with Gasteiger partial charge in [0, 0.05) is 43.7 Å². The normalized spacial score (nSPS) is 16.1. The molecular formula is C22H24N2O3. The van der Waals surface area contributed by atoms with Crippen LogP contribution in [0.4, 0.5) is 0 Å². The lowest BCUT2D eigenvalue weighted by molar-refractivity contribution is 0.0535. The average Bonchev–Trinajstić information content (AvgIpc) is 3.15. The van der Waals surface area contributed by atoms with Crippen molar-refractivity contribution in [3.63, 3.8) is 0 Å². The molecule has 140 valence electrons. The Morgan fingerprint density at radius 2 is 1.59 bits per heavy atom. The molecule has 0 saturated carbocycles. The van der Waals surface area contributed by atoms with E-state index in [0.29, 0.717) is 38.3 Å². The number of nitrogens with zero attached hydrogens (tertiary/aromatic N) is 2. The number of aryl methyl sites for hydroxylation is 2. The second kappa shape index (κ2) is 7.06. The lowest BCUT2D eigenvalue weighted by atomic mass is 10.0. The zero-order chi connectivity index (χ0) is 19.0. The number of piperazine rings is 1. The van der Waals surface area contributed by atoms with Crippen LogP contribution in [0.25, 0.3) is 0 Å². The molecule has 0 atom stereocenters. The highest BCUT2D eigenvalue weighted by Crippen LogP contribution is 2.26. The summed E-state index contributed by atoms with van der Waals surface area (Å²) in [5.74, 6) is 0.966. The number of hydrogen-bond acceptors (Lipinski definition) is 3. The molecule has 0 spiro atoms. The van der Waals surface area contributed by atoms with Gasteiger partial charge < -0.3 is 14.5 Å². The quantitative estimate of drug-likeness (QED) is 0.823. The third kappa shape index (κ3) is 3.42. The molecule has 1 fully saturated rings. The van der Waals surface area contributed by atoms with E-state index in [4.69, 9.17) is 4.74 Å². The van der Waals surface area contributed by atoms with E-state index in [1.807, 2.05) is 60.0 Å². The molecule has 2 amide bonds. The lowest BCUT2D eigenvalue weighted by Gasteiger charge is -2.35. The summed E-state index contributed by atoms with van der Waals surface area (Å²) in [5.41, 5.74) is 4.70. The predicted octanol–water partition coefficient (Wildman–Crippen LogP) is 2.84. The van der Waals surface area contributed by atoms with Gasteiger partial charge in [0.1, 0.15) is 5.75 Å². The highest BCUT2D eigenvalue weighted by Gasteiger charge is 2.27. The molecule has 2 heterocycles. The minimum atomic E-state index is 0.0308. The summed E-state index contributed by atoms with van der Waals surface area (Å²) in [6, 6.07) is 11.6. The van der Waals surface area contributed by atoms with E-state index >= 15 is 0 Å². The molecular weight excluding hydrogens is 340 g/mol. The van der Waals surface area contributed by atoms with E-state index in [-0.39, 0.29) is 11.8 Å². The number of rotatable bonds is 2. The van der Waals surface area contributed by atoms with Gasteiger partial charge in [-0.1, -0.05) is 17.7 Å². The Morgan fingerprint density at radius 1 is 0.889 bits per heavy atom. The molecule has 0 aromatic heterocycles. The Hall–Kier alpha value is -2.82. The van der Waals surface area contributed by atoms with Gasteiger partial charge in [-0.05, 0) is 49.2 Å². The van der Waals surface area contributed by atoms with E-state index < -0.39 is 0 Å². The summed E-state index contributed by atoms with van der Waals surface area (Å²) >= 11 is 0. The Balaban J connectivity index is 1.41. The van der Waals surface area contributed by atoms with Crippen molar-refractivity contribution in [3.05, 3.63) is 64.2 Å². The van der Waals surface area contributed by atoms with E-state index in [1.165, 1.54) is 0 Å². The van der Waals surface area contributed by atoms with Crippen molar-refractivity contribution in [2.45, 2.75) is 20.3 Å². The molecule has 2 aliphatic heterocycles. The number of carbonyl (C=O) groups is 2. The predicted molar refractivity (Wildman–Crippen MR) is 103 cm³/mol. The standard InChI is InChI=1S/C22H24N2O3/c1-15-3-5-19(16(2)13-15)22(26)24-10-8-23(9-11-24)21(25)18-4-6-20-17(14-18)7-12-27-20/h3-6,13-14H,7-12H2,1-2H3. The fourth-order valence-electron chi connectivity index (χ4n) is 3.84. The zero-order valence-electron chi connectivity index (χ0n) is 15.8. The molecule has 2 aliphatic rings. The molecule has 0 aliphatic carbocycles. The molecule has 2 aromatic carbocycles.